The lowest BCUT2D eigenvalue weighted by Crippen LogP contribution is -2.63. The zero-order valence-electron chi connectivity index (χ0n) is 23.4. The fraction of sp³-hybridized carbons (Fsp3) is 0.344. The maximum atomic E-state index is 13.7. The van der Waals surface area contributed by atoms with Crippen molar-refractivity contribution >= 4 is 18.0 Å². The maximum Gasteiger partial charge on any atom is 0.408 e. The van der Waals surface area contributed by atoms with Crippen molar-refractivity contribution in [2.75, 3.05) is 40.3 Å². The Bertz CT molecular complexity index is 1370. The molecule has 3 aromatic rings. The number of benzene rings is 3. The quantitative estimate of drug-likeness (QED) is 0.351. The number of fused-ring (bicyclic) bond motifs is 3. The molecule has 214 valence electrons. The van der Waals surface area contributed by atoms with Crippen molar-refractivity contribution in [3.8, 4) is 11.1 Å². The smallest absolute Gasteiger partial charge is 0.408 e. The van der Waals surface area contributed by atoms with Gasteiger partial charge in [0.15, 0.2) is 0 Å². The number of hydrogen-bond acceptors (Lipinski definition) is 6. The largest absolute Gasteiger partial charge is 0.480 e. The Morgan fingerprint density at radius 2 is 1.59 bits per heavy atom. The summed E-state index contributed by atoms with van der Waals surface area (Å²) in [6.07, 6.45) is -0.382. The topological polar surface area (TPSA) is 111 Å². The van der Waals surface area contributed by atoms with E-state index in [0.29, 0.717) is 19.5 Å². The molecule has 41 heavy (non-hydrogen) atoms. The van der Waals surface area contributed by atoms with Crippen LogP contribution in [0.15, 0.2) is 78.9 Å². The van der Waals surface area contributed by atoms with Crippen LogP contribution in [0.3, 0.4) is 0 Å². The van der Waals surface area contributed by atoms with Crippen molar-refractivity contribution in [1.82, 2.24) is 20.4 Å². The lowest BCUT2D eigenvalue weighted by Gasteiger charge is -2.31. The Balaban J connectivity index is 1.32. The number of amides is 2. The van der Waals surface area contributed by atoms with E-state index in [0.717, 1.165) is 27.8 Å². The van der Waals surface area contributed by atoms with Gasteiger partial charge >= 0.3 is 12.1 Å². The molecular formula is C32H36N4O5. The van der Waals surface area contributed by atoms with Gasteiger partial charge in [-0.3, -0.25) is 9.69 Å². The highest BCUT2D eigenvalue weighted by Gasteiger charge is 2.47. The van der Waals surface area contributed by atoms with Crippen LogP contribution in [-0.4, -0.2) is 84.8 Å². The fourth-order valence-electron chi connectivity index (χ4n) is 5.89. The zero-order valence-corrected chi connectivity index (χ0v) is 23.4. The molecule has 1 heterocycles. The standard InChI is InChI=1S/C32H36N4O5/c1-35(2)19-28(29(37)38)33-30(39)32(16-17-36(21-32)18-22-10-4-3-5-11-22)34-31(40)41-20-27-25-14-8-6-12-23(25)24-13-7-9-15-26(24)27/h3-15,27-28H,16-21H2,1-2H3,(H,33,39)(H,34,40)(H,37,38)/t28-,32?/m0/s1. The van der Waals surface area contributed by atoms with E-state index in [1.165, 1.54) is 0 Å². The molecule has 9 heteroatoms. The number of likely N-dealkylation sites (N-methyl/N-ethyl adjacent to an activating group) is 1. The molecule has 1 saturated heterocycles. The maximum absolute atomic E-state index is 13.7. The molecule has 3 N–H and O–H groups in total. The summed E-state index contributed by atoms with van der Waals surface area (Å²) in [7, 11) is 3.48. The number of rotatable bonds is 10. The number of alkyl carbamates (subject to hydrolysis) is 1. The van der Waals surface area contributed by atoms with E-state index in [4.69, 9.17) is 4.74 Å². The van der Waals surface area contributed by atoms with Crippen molar-refractivity contribution < 1.29 is 24.2 Å². The molecule has 9 nitrogen and oxygen atoms in total. The lowest BCUT2D eigenvalue weighted by atomic mass is 9.96. The third-order valence-corrected chi connectivity index (χ3v) is 7.87. The van der Waals surface area contributed by atoms with Crippen LogP contribution in [0.1, 0.15) is 29.0 Å². The van der Waals surface area contributed by atoms with Crippen LogP contribution < -0.4 is 10.6 Å². The highest BCUT2D eigenvalue weighted by Crippen LogP contribution is 2.44. The first kappa shape index (κ1) is 28.3. The van der Waals surface area contributed by atoms with Gasteiger partial charge in [0.1, 0.15) is 18.2 Å². The number of likely N-dealkylation sites (tertiary alicyclic amines) is 1. The SMILES string of the molecule is CN(C)C[C@H](NC(=O)C1(NC(=O)OCC2c3ccccc3-c3ccccc32)CCN(Cc2ccccc2)C1)C(=O)O. The minimum absolute atomic E-state index is 0.115. The van der Waals surface area contributed by atoms with E-state index in [1.54, 1.807) is 19.0 Å². The summed E-state index contributed by atoms with van der Waals surface area (Å²) in [5.74, 6) is -1.79. The Morgan fingerprint density at radius 3 is 2.20 bits per heavy atom. The summed E-state index contributed by atoms with van der Waals surface area (Å²) in [5.41, 5.74) is 4.19. The van der Waals surface area contributed by atoms with Crippen LogP contribution in [0.4, 0.5) is 4.79 Å². The molecule has 2 aliphatic rings. The first-order chi connectivity index (χ1) is 19.8. The fourth-order valence-corrected chi connectivity index (χ4v) is 5.89. The predicted molar refractivity (Wildman–Crippen MR) is 155 cm³/mol. The van der Waals surface area contributed by atoms with Gasteiger partial charge in [-0.15, -0.1) is 0 Å². The number of carbonyl (C=O) groups is 3. The van der Waals surface area contributed by atoms with Crippen molar-refractivity contribution in [3.63, 3.8) is 0 Å². The number of nitrogens with one attached hydrogen (secondary N) is 2. The van der Waals surface area contributed by atoms with Crippen molar-refractivity contribution in [2.24, 2.45) is 0 Å². The summed E-state index contributed by atoms with van der Waals surface area (Å²) >= 11 is 0. The Kier molecular flexibility index (Phi) is 8.37. The van der Waals surface area contributed by atoms with Crippen molar-refractivity contribution in [1.29, 1.82) is 0 Å². The number of hydrogen-bond donors (Lipinski definition) is 3. The van der Waals surface area contributed by atoms with Crippen LogP contribution in [-0.2, 0) is 20.9 Å². The number of carboxylic acid groups (broad SMARTS) is 1. The molecule has 0 saturated carbocycles. The summed E-state index contributed by atoms with van der Waals surface area (Å²) in [5, 5.41) is 15.3. The van der Waals surface area contributed by atoms with E-state index < -0.39 is 29.6 Å². The highest BCUT2D eigenvalue weighted by molar-refractivity contribution is 5.93. The average molecular weight is 557 g/mol. The Labute approximate surface area is 240 Å². The summed E-state index contributed by atoms with van der Waals surface area (Å²) in [4.78, 5) is 42.7. The number of nitrogens with zero attached hydrogens (tertiary/aromatic N) is 2. The van der Waals surface area contributed by atoms with Gasteiger partial charge in [0.05, 0.1) is 0 Å². The van der Waals surface area contributed by atoms with Gasteiger partial charge in [0.2, 0.25) is 5.91 Å². The molecular weight excluding hydrogens is 520 g/mol. The first-order valence-corrected chi connectivity index (χ1v) is 13.8. The monoisotopic (exact) mass is 556 g/mol. The summed E-state index contributed by atoms with van der Waals surface area (Å²) < 4.78 is 5.77. The van der Waals surface area contributed by atoms with E-state index in [1.807, 2.05) is 66.7 Å². The lowest BCUT2D eigenvalue weighted by molar-refractivity contribution is -0.143. The second-order valence-electron chi connectivity index (χ2n) is 11.1. The van der Waals surface area contributed by atoms with Crippen LogP contribution in [0, 0.1) is 0 Å². The minimum atomic E-state index is -1.34. The van der Waals surface area contributed by atoms with E-state index in [9.17, 15) is 19.5 Å². The first-order valence-electron chi connectivity index (χ1n) is 13.8. The molecule has 5 rings (SSSR count). The normalized spacial score (nSPS) is 18.9. The van der Waals surface area contributed by atoms with Crippen LogP contribution >= 0.6 is 0 Å². The minimum Gasteiger partial charge on any atom is -0.480 e. The number of aliphatic carboxylic acids is 1. The molecule has 0 spiro atoms. The molecule has 3 aromatic carbocycles. The zero-order chi connectivity index (χ0) is 29.0. The number of carbonyl (C=O) groups excluding carboxylic acids is 2. The van der Waals surface area contributed by atoms with Crippen molar-refractivity contribution in [2.45, 2.75) is 30.5 Å². The van der Waals surface area contributed by atoms with Gasteiger partial charge in [-0.25, -0.2) is 9.59 Å². The van der Waals surface area contributed by atoms with Gasteiger partial charge in [0.25, 0.3) is 0 Å². The van der Waals surface area contributed by atoms with Gasteiger partial charge in [-0.2, -0.15) is 0 Å². The van der Waals surface area contributed by atoms with E-state index >= 15 is 0 Å². The predicted octanol–water partition coefficient (Wildman–Crippen LogP) is 3.30. The third kappa shape index (κ3) is 6.26. The molecule has 0 aromatic heterocycles. The molecule has 1 fully saturated rings. The summed E-state index contributed by atoms with van der Waals surface area (Å²) in [6.45, 7) is 1.62. The molecule has 1 aliphatic heterocycles. The third-order valence-electron chi connectivity index (χ3n) is 7.87. The van der Waals surface area contributed by atoms with E-state index in [-0.39, 0.29) is 25.6 Å². The Morgan fingerprint density at radius 1 is 0.976 bits per heavy atom. The van der Waals surface area contributed by atoms with Crippen LogP contribution in [0.2, 0.25) is 0 Å². The number of carboxylic acids is 1. The van der Waals surface area contributed by atoms with E-state index in [2.05, 4.69) is 27.7 Å². The molecule has 2 amide bonds. The van der Waals surface area contributed by atoms with Gasteiger partial charge in [-0.05, 0) is 48.3 Å². The molecule has 0 bridgehead atoms. The molecule has 0 radical (unpaired) electrons. The average Bonchev–Trinajstić information content (AvgIpc) is 3.51. The summed E-state index contributed by atoms with van der Waals surface area (Å²) in [6, 6.07) is 24.9. The molecule has 1 unspecified atom stereocenters. The highest BCUT2D eigenvalue weighted by atomic mass is 16.5. The van der Waals surface area contributed by atoms with Gasteiger partial charge in [0, 0.05) is 32.1 Å². The Hall–Kier alpha value is -4.21. The van der Waals surface area contributed by atoms with Crippen LogP contribution in [0.5, 0.6) is 0 Å². The molecule has 2 atom stereocenters. The molecule has 1 aliphatic carbocycles. The second kappa shape index (κ2) is 12.1. The van der Waals surface area contributed by atoms with Gasteiger partial charge in [-0.1, -0.05) is 78.9 Å². The number of ether oxygens (including phenoxy) is 1. The van der Waals surface area contributed by atoms with Crippen molar-refractivity contribution in [3.05, 3.63) is 95.6 Å². The van der Waals surface area contributed by atoms with Gasteiger partial charge < -0.3 is 25.4 Å². The second-order valence-corrected chi connectivity index (χ2v) is 11.1. The van der Waals surface area contributed by atoms with Crippen LogP contribution in [0.25, 0.3) is 11.1 Å².